The Bertz CT molecular complexity index is 907. The van der Waals surface area contributed by atoms with E-state index < -0.39 is 15.9 Å². The van der Waals surface area contributed by atoms with Crippen molar-refractivity contribution in [2.75, 3.05) is 18.1 Å². The molecule has 2 heterocycles. The molecule has 1 N–H and O–H groups in total. The highest BCUT2D eigenvalue weighted by Gasteiger charge is 2.36. The number of amides is 2. The maximum absolute atomic E-state index is 12.9. The summed E-state index contributed by atoms with van der Waals surface area (Å²) in [4.78, 5) is 14.5. The zero-order valence-corrected chi connectivity index (χ0v) is 16.0. The molecule has 2 amide bonds. The van der Waals surface area contributed by atoms with Gasteiger partial charge in [0, 0.05) is 25.4 Å². The Morgan fingerprint density at radius 2 is 2.08 bits per heavy atom. The molecule has 0 saturated carbocycles. The zero-order chi connectivity index (χ0) is 18.9. The summed E-state index contributed by atoms with van der Waals surface area (Å²) in [7, 11) is -1.41. The predicted molar refractivity (Wildman–Crippen MR) is 99.4 cm³/mol. The fourth-order valence-electron chi connectivity index (χ4n) is 3.36. The van der Waals surface area contributed by atoms with E-state index in [9.17, 15) is 13.2 Å². The van der Waals surface area contributed by atoms with Gasteiger partial charge in [0.15, 0.2) is 9.84 Å². The SMILES string of the molecule is Cc1ccccc1[C@@H](C)NC(=O)N1CCS(=O)(=O)C[C@H]1c1cnn(C)c1. The van der Waals surface area contributed by atoms with E-state index in [1.807, 2.05) is 38.1 Å². The molecule has 0 spiro atoms. The molecule has 3 rings (SSSR count). The molecule has 1 aliphatic rings. The van der Waals surface area contributed by atoms with Crippen molar-refractivity contribution in [3.63, 3.8) is 0 Å². The van der Waals surface area contributed by atoms with Crippen molar-refractivity contribution in [3.05, 3.63) is 53.3 Å². The van der Waals surface area contributed by atoms with Crippen LogP contribution in [0.15, 0.2) is 36.7 Å². The van der Waals surface area contributed by atoms with Gasteiger partial charge >= 0.3 is 6.03 Å². The first-order chi connectivity index (χ1) is 12.3. The van der Waals surface area contributed by atoms with Gasteiger partial charge in [-0.2, -0.15) is 5.10 Å². The number of urea groups is 1. The molecule has 1 aromatic heterocycles. The van der Waals surface area contributed by atoms with E-state index in [0.29, 0.717) is 0 Å². The highest BCUT2D eigenvalue weighted by molar-refractivity contribution is 7.91. The van der Waals surface area contributed by atoms with Crippen LogP contribution in [0, 0.1) is 6.92 Å². The molecule has 1 fully saturated rings. The van der Waals surface area contributed by atoms with Crippen LogP contribution < -0.4 is 5.32 Å². The van der Waals surface area contributed by atoms with E-state index in [2.05, 4.69) is 10.4 Å². The Morgan fingerprint density at radius 3 is 2.73 bits per heavy atom. The van der Waals surface area contributed by atoms with Crippen LogP contribution in [0.1, 0.15) is 35.7 Å². The third-order valence-corrected chi connectivity index (χ3v) is 6.42. The lowest BCUT2D eigenvalue weighted by atomic mass is 10.0. The van der Waals surface area contributed by atoms with Crippen molar-refractivity contribution >= 4 is 15.9 Å². The Kier molecular flexibility index (Phi) is 5.04. The minimum Gasteiger partial charge on any atom is -0.331 e. The van der Waals surface area contributed by atoms with E-state index in [4.69, 9.17) is 0 Å². The molecule has 26 heavy (non-hydrogen) atoms. The number of carbonyl (C=O) groups is 1. The van der Waals surface area contributed by atoms with E-state index >= 15 is 0 Å². The number of hydrogen-bond donors (Lipinski definition) is 1. The monoisotopic (exact) mass is 376 g/mol. The van der Waals surface area contributed by atoms with E-state index in [0.717, 1.165) is 16.7 Å². The number of hydrogen-bond acceptors (Lipinski definition) is 4. The van der Waals surface area contributed by atoms with E-state index in [1.165, 1.54) is 0 Å². The topological polar surface area (TPSA) is 84.3 Å². The maximum Gasteiger partial charge on any atom is 0.318 e. The highest BCUT2D eigenvalue weighted by atomic mass is 32.2. The lowest BCUT2D eigenvalue weighted by molar-refractivity contribution is 0.178. The van der Waals surface area contributed by atoms with Crippen molar-refractivity contribution < 1.29 is 13.2 Å². The van der Waals surface area contributed by atoms with Crippen molar-refractivity contribution in [2.45, 2.75) is 25.9 Å². The van der Waals surface area contributed by atoms with Gasteiger partial charge in [-0.1, -0.05) is 24.3 Å². The summed E-state index contributed by atoms with van der Waals surface area (Å²) in [6, 6.07) is 6.94. The normalized spacial score (nSPS) is 20.6. The number of nitrogens with one attached hydrogen (secondary N) is 1. The summed E-state index contributed by atoms with van der Waals surface area (Å²) in [5, 5.41) is 7.12. The summed E-state index contributed by atoms with van der Waals surface area (Å²) in [6.45, 7) is 4.11. The van der Waals surface area contributed by atoms with Gasteiger partial charge in [-0.25, -0.2) is 13.2 Å². The summed E-state index contributed by atoms with van der Waals surface area (Å²) in [5.74, 6) is -0.0964. The van der Waals surface area contributed by atoms with Crippen LogP contribution in [-0.4, -0.2) is 47.2 Å². The van der Waals surface area contributed by atoms with Gasteiger partial charge in [0.2, 0.25) is 0 Å². The van der Waals surface area contributed by atoms with Crippen LogP contribution in [0.5, 0.6) is 0 Å². The number of benzene rings is 1. The molecule has 2 atom stereocenters. The van der Waals surface area contributed by atoms with Crippen LogP contribution in [0.4, 0.5) is 4.79 Å². The third-order valence-electron chi connectivity index (χ3n) is 4.80. The molecule has 8 heteroatoms. The second kappa shape index (κ2) is 7.11. The third kappa shape index (κ3) is 3.90. The van der Waals surface area contributed by atoms with Crippen molar-refractivity contribution in [1.82, 2.24) is 20.0 Å². The lowest BCUT2D eigenvalue weighted by Gasteiger charge is -2.35. The minimum absolute atomic E-state index is 0.0179. The smallest absolute Gasteiger partial charge is 0.318 e. The van der Waals surface area contributed by atoms with Crippen LogP contribution in [0.2, 0.25) is 0 Å². The fourth-order valence-corrected chi connectivity index (χ4v) is 4.85. The van der Waals surface area contributed by atoms with Crippen molar-refractivity contribution in [1.29, 1.82) is 0 Å². The van der Waals surface area contributed by atoms with Crippen molar-refractivity contribution in [2.24, 2.45) is 7.05 Å². The summed E-state index contributed by atoms with van der Waals surface area (Å²) >= 11 is 0. The number of aryl methyl sites for hydroxylation is 2. The van der Waals surface area contributed by atoms with Crippen LogP contribution in [0.25, 0.3) is 0 Å². The van der Waals surface area contributed by atoms with Gasteiger partial charge in [0.05, 0.1) is 29.8 Å². The second-order valence-electron chi connectivity index (χ2n) is 6.80. The number of carbonyl (C=O) groups excluding carboxylic acids is 1. The molecule has 2 aromatic rings. The molecule has 0 radical (unpaired) electrons. The molecule has 1 aromatic carbocycles. The standard InChI is InChI=1S/C18H24N4O3S/c1-13-6-4-5-7-16(13)14(2)20-18(23)22-8-9-26(24,25)12-17(22)15-10-19-21(3)11-15/h4-7,10-11,14,17H,8-9,12H2,1-3H3,(H,20,23)/t14-,17+/m1/s1. The Hall–Kier alpha value is -2.35. The Morgan fingerprint density at radius 1 is 1.35 bits per heavy atom. The average Bonchev–Trinajstić information content (AvgIpc) is 3.00. The van der Waals surface area contributed by atoms with Gasteiger partial charge < -0.3 is 10.2 Å². The fraction of sp³-hybridized carbons (Fsp3) is 0.444. The van der Waals surface area contributed by atoms with E-state index in [1.54, 1.807) is 29.0 Å². The minimum atomic E-state index is -3.18. The number of aromatic nitrogens is 2. The highest BCUT2D eigenvalue weighted by Crippen LogP contribution is 2.27. The first-order valence-corrected chi connectivity index (χ1v) is 10.4. The largest absolute Gasteiger partial charge is 0.331 e. The molecule has 1 aliphatic heterocycles. The van der Waals surface area contributed by atoms with Gasteiger partial charge in [-0.05, 0) is 25.0 Å². The molecular weight excluding hydrogens is 352 g/mol. The molecule has 7 nitrogen and oxygen atoms in total. The molecule has 0 aliphatic carbocycles. The number of nitrogens with zero attached hydrogens (tertiary/aromatic N) is 3. The first kappa shape index (κ1) is 18.4. The number of rotatable bonds is 3. The molecular formula is C18H24N4O3S. The van der Waals surface area contributed by atoms with Gasteiger partial charge in [-0.3, -0.25) is 4.68 Å². The zero-order valence-electron chi connectivity index (χ0n) is 15.2. The summed E-state index contributed by atoms with van der Waals surface area (Å²) in [6.07, 6.45) is 3.38. The quantitative estimate of drug-likeness (QED) is 0.888. The second-order valence-corrected chi connectivity index (χ2v) is 9.03. The predicted octanol–water partition coefficient (Wildman–Crippen LogP) is 1.97. The van der Waals surface area contributed by atoms with Crippen LogP contribution >= 0.6 is 0 Å². The van der Waals surface area contributed by atoms with Gasteiger partial charge in [0.25, 0.3) is 0 Å². The van der Waals surface area contributed by atoms with Gasteiger partial charge in [0.1, 0.15) is 0 Å². The molecule has 1 saturated heterocycles. The lowest BCUT2D eigenvalue weighted by Crippen LogP contribution is -2.50. The Labute approximate surface area is 153 Å². The first-order valence-electron chi connectivity index (χ1n) is 8.58. The summed E-state index contributed by atoms with van der Waals surface area (Å²) < 4.78 is 25.8. The van der Waals surface area contributed by atoms with Crippen molar-refractivity contribution in [3.8, 4) is 0 Å². The Balaban J connectivity index is 1.81. The molecule has 0 unspecified atom stereocenters. The average molecular weight is 376 g/mol. The molecule has 0 bridgehead atoms. The van der Waals surface area contributed by atoms with E-state index in [-0.39, 0.29) is 30.1 Å². The van der Waals surface area contributed by atoms with Crippen LogP contribution in [-0.2, 0) is 16.9 Å². The summed E-state index contributed by atoms with van der Waals surface area (Å²) in [5.41, 5.74) is 2.88. The maximum atomic E-state index is 12.9. The molecule has 140 valence electrons. The van der Waals surface area contributed by atoms with Gasteiger partial charge in [-0.15, -0.1) is 0 Å². The number of sulfone groups is 1. The van der Waals surface area contributed by atoms with Crippen LogP contribution in [0.3, 0.4) is 0 Å².